The summed E-state index contributed by atoms with van der Waals surface area (Å²) < 4.78 is 1.73. The van der Waals surface area contributed by atoms with E-state index in [9.17, 15) is 10.1 Å². The van der Waals surface area contributed by atoms with Crippen molar-refractivity contribution >= 4 is 17.3 Å². The van der Waals surface area contributed by atoms with Crippen molar-refractivity contribution in [3.05, 3.63) is 45.6 Å². The molecule has 0 atom stereocenters. The van der Waals surface area contributed by atoms with Crippen molar-refractivity contribution in [3.63, 3.8) is 0 Å². The fourth-order valence-corrected chi connectivity index (χ4v) is 3.05. The largest absolute Gasteiger partial charge is 0.313 e. The minimum atomic E-state index is -0.459. The van der Waals surface area contributed by atoms with E-state index in [1.54, 1.807) is 17.0 Å². The van der Waals surface area contributed by atoms with Crippen molar-refractivity contribution in [2.45, 2.75) is 38.0 Å². The Kier molecular flexibility index (Phi) is 3.88. The van der Waals surface area contributed by atoms with Gasteiger partial charge in [-0.1, -0.05) is 30.9 Å². The third kappa shape index (κ3) is 2.76. The Bertz CT molecular complexity index is 665. The fourth-order valence-electron chi connectivity index (χ4n) is 2.90. The van der Waals surface area contributed by atoms with Gasteiger partial charge in [-0.15, -0.1) is 0 Å². The highest BCUT2D eigenvalue weighted by atomic mass is 35.5. The molecule has 2 aromatic rings. The Morgan fingerprint density at radius 2 is 2.05 bits per heavy atom. The van der Waals surface area contributed by atoms with E-state index in [-0.39, 0.29) is 16.5 Å². The second-order valence-electron chi connectivity index (χ2n) is 5.24. The average molecular weight is 307 g/mol. The number of hydrogen-bond acceptors (Lipinski definition) is 4. The maximum absolute atomic E-state index is 11.2. The van der Waals surface area contributed by atoms with Crippen LogP contribution in [0.3, 0.4) is 0 Å². The van der Waals surface area contributed by atoms with E-state index in [1.165, 1.54) is 31.5 Å². The molecule has 110 valence electrons. The molecule has 0 aliphatic heterocycles. The standard InChI is InChI=1S/C14H15ClN4O2/c15-11-8-12(19(20)21)14(17-9-11)18-7-6-16-13(18)10-4-2-1-3-5-10/h6-10H,1-5H2. The first-order chi connectivity index (χ1) is 10.2. The summed E-state index contributed by atoms with van der Waals surface area (Å²) in [6.45, 7) is 0. The lowest BCUT2D eigenvalue weighted by atomic mass is 9.88. The van der Waals surface area contributed by atoms with Crippen molar-refractivity contribution in [1.29, 1.82) is 0 Å². The van der Waals surface area contributed by atoms with Crippen LogP contribution in [0.1, 0.15) is 43.8 Å². The van der Waals surface area contributed by atoms with Gasteiger partial charge in [0.05, 0.1) is 9.95 Å². The number of rotatable bonds is 3. The summed E-state index contributed by atoms with van der Waals surface area (Å²) in [4.78, 5) is 19.3. The topological polar surface area (TPSA) is 73.8 Å². The first kappa shape index (κ1) is 14.0. The lowest BCUT2D eigenvalue weighted by Crippen LogP contribution is -2.12. The summed E-state index contributed by atoms with van der Waals surface area (Å²) in [5, 5.41) is 11.5. The number of aromatic nitrogens is 3. The number of nitro groups is 1. The minimum absolute atomic E-state index is 0.0995. The third-order valence-electron chi connectivity index (χ3n) is 3.88. The molecular formula is C14H15ClN4O2. The molecule has 7 heteroatoms. The van der Waals surface area contributed by atoms with Gasteiger partial charge in [-0.3, -0.25) is 14.7 Å². The number of nitrogens with zero attached hydrogens (tertiary/aromatic N) is 4. The molecule has 2 heterocycles. The average Bonchev–Trinajstić information content (AvgIpc) is 2.97. The molecule has 1 aliphatic carbocycles. The lowest BCUT2D eigenvalue weighted by molar-refractivity contribution is -0.384. The third-order valence-corrected chi connectivity index (χ3v) is 4.09. The van der Waals surface area contributed by atoms with Gasteiger partial charge in [-0.2, -0.15) is 0 Å². The van der Waals surface area contributed by atoms with Crippen molar-refractivity contribution in [2.24, 2.45) is 0 Å². The Morgan fingerprint density at radius 1 is 1.29 bits per heavy atom. The minimum Gasteiger partial charge on any atom is -0.282 e. The van der Waals surface area contributed by atoms with E-state index in [2.05, 4.69) is 9.97 Å². The number of pyridine rings is 1. The monoisotopic (exact) mass is 306 g/mol. The lowest BCUT2D eigenvalue weighted by Gasteiger charge is -2.21. The first-order valence-electron chi connectivity index (χ1n) is 7.00. The van der Waals surface area contributed by atoms with Crippen LogP contribution >= 0.6 is 11.6 Å². The summed E-state index contributed by atoms with van der Waals surface area (Å²) in [6, 6.07) is 1.33. The van der Waals surface area contributed by atoms with Crippen LogP contribution in [0.2, 0.25) is 5.02 Å². The highest BCUT2D eigenvalue weighted by Crippen LogP contribution is 2.34. The summed E-state index contributed by atoms with van der Waals surface area (Å²) in [6.07, 6.45) is 10.6. The second-order valence-corrected chi connectivity index (χ2v) is 5.68. The molecule has 0 unspecified atom stereocenters. The molecule has 1 aliphatic rings. The zero-order valence-electron chi connectivity index (χ0n) is 11.4. The van der Waals surface area contributed by atoms with Gasteiger partial charge >= 0.3 is 5.69 Å². The molecular weight excluding hydrogens is 292 g/mol. The highest BCUT2D eigenvalue weighted by molar-refractivity contribution is 6.30. The van der Waals surface area contributed by atoms with Crippen LogP contribution in [-0.2, 0) is 0 Å². The molecule has 0 aromatic carbocycles. The van der Waals surface area contributed by atoms with Crippen LogP contribution in [0, 0.1) is 10.1 Å². The zero-order valence-corrected chi connectivity index (χ0v) is 12.2. The molecule has 0 N–H and O–H groups in total. The molecule has 0 radical (unpaired) electrons. The van der Waals surface area contributed by atoms with Gasteiger partial charge in [0.25, 0.3) is 0 Å². The van der Waals surface area contributed by atoms with Crippen LogP contribution in [0.25, 0.3) is 5.82 Å². The van der Waals surface area contributed by atoms with Gasteiger partial charge in [0, 0.05) is 30.6 Å². The van der Waals surface area contributed by atoms with E-state index in [1.807, 2.05) is 0 Å². The molecule has 3 rings (SSSR count). The zero-order chi connectivity index (χ0) is 14.8. The maximum Gasteiger partial charge on any atom is 0.313 e. The number of imidazole rings is 1. The molecule has 6 nitrogen and oxygen atoms in total. The quantitative estimate of drug-likeness (QED) is 0.637. The SMILES string of the molecule is O=[N+]([O-])c1cc(Cl)cnc1-n1ccnc1C1CCCCC1. The molecule has 1 saturated carbocycles. The molecule has 21 heavy (non-hydrogen) atoms. The Morgan fingerprint density at radius 3 is 2.76 bits per heavy atom. The van der Waals surface area contributed by atoms with Crippen molar-refractivity contribution in [1.82, 2.24) is 14.5 Å². The van der Waals surface area contributed by atoms with Gasteiger partial charge in [0.1, 0.15) is 5.82 Å². The van der Waals surface area contributed by atoms with Crippen LogP contribution in [0.15, 0.2) is 24.7 Å². The van der Waals surface area contributed by atoms with Gasteiger partial charge in [0.2, 0.25) is 5.82 Å². The van der Waals surface area contributed by atoms with Crippen molar-refractivity contribution < 1.29 is 4.92 Å². The Hall–Kier alpha value is -1.95. The predicted octanol–water partition coefficient (Wildman–Crippen LogP) is 3.88. The number of hydrogen-bond donors (Lipinski definition) is 0. The fraction of sp³-hybridized carbons (Fsp3) is 0.429. The van der Waals surface area contributed by atoms with Crippen LogP contribution in [0.5, 0.6) is 0 Å². The van der Waals surface area contributed by atoms with Crippen LogP contribution in [0.4, 0.5) is 5.69 Å². The molecule has 2 aromatic heterocycles. The van der Waals surface area contributed by atoms with E-state index in [4.69, 9.17) is 11.6 Å². The smallest absolute Gasteiger partial charge is 0.282 e. The van der Waals surface area contributed by atoms with Gasteiger partial charge < -0.3 is 0 Å². The molecule has 0 bridgehead atoms. The normalized spacial score (nSPS) is 16.0. The van der Waals surface area contributed by atoms with E-state index in [0.717, 1.165) is 18.7 Å². The predicted molar refractivity (Wildman–Crippen MR) is 78.8 cm³/mol. The Balaban J connectivity index is 2.05. The van der Waals surface area contributed by atoms with Crippen LogP contribution < -0.4 is 0 Å². The molecule has 0 saturated heterocycles. The highest BCUT2D eigenvalue weighted by Gasteiger charge is 2.25. The number of halogens is 1. The Labute approximate surface area is 126 Å². The second kappa shape index (κ2) is 5.81. The van der Waals surface area contributed by atoms with Crippen LogP contribution in [-0.4, -0.2) is 19.5 Å². The van der Waals surface area contributed by atoms with Crippen molar-refractivity contribution in [3.8, 4) is 5.82 Å². The molecule has 1 fully saturated rings. The van der Waals surface area contributed by atoms with E-state index >= 15 is 0 Å². The van der Waals surface area contributed by atoms with Gasteiger partial charge in [-0.25, -0.2) is 9.97 Å². The van der Waals surface area contributed by atoms with Gasteiger partial charge in [0.15, 0.2) is 0 Å². The summed E-state index contributed by atoms with van der Waals surface area (Å²) in [5.74, 6) is 1.47. The van der Waals surface area contributed by atoms with Crippen molar-refractivity contribution in [2.75, 3.05) is 0 Å². The molecule has 0 amide bonds. The van der Waals surface area contributed by atoms with Gasteiger partial charge in [-0.05, 0) is 12.8 Å². The maximum atomic E-state index is 11.2. The summed E-state index contributed by atoms with van der Waals surface area (Å²) in [5.41, 5.74) is -0.0995. The first-order valence-corrected chi connectivity index (χ1v) is 7.38. The summed E-state index contributed by atoms with van der Waals surface area (Å²) >= 11 is 5.82. The molecule has 0 spiro atoms. The van der Waals surface area contributed by atoms with E-state index < -0.39 is 4.92 Å². The summed E-state index contributed by atoms with van der Waals surface area (Å²) in [7, 11) is 0. The van der Waals surface area contributed by atoms with E-state index in [0.29, 0.717) is 5.92 Å².